The van der Waals surface area contributed by atoms with Gasteiger partial charge >= 0.3 is 0 Å². The fraction of sp³-hybridized carbons (Fsp3) is 0.511. The van der Waals surface area contributed by atoms with Gasteiger partial charge in [0.25, 0.3) is 0 Å². The van der Waals surface area contributed by atoms with Crippen LogP contribution in [0.1, 0.15) is 185 Å². The topological polar surface area (TPSA) is 0 Å². The van der Waals surface area contributed by atoms with Gasteiger partial charge in [-0.3, -0.25) is 0 Å². The highest BCUT2D eigenvalue weighted by atomic mass is 28.3. The predicted octanol–water partition coefficient (Wildman–Crippen LogP) is 11.9. The lowest BCUT2D eigenvalue weighted by molar-refractivity contribution is 0.798. The van der Waals surface area contributed by atoms with Crippen LogP contribution in [0.4, 0.5) is 0 Å². The van der Waals surface area contributed by atoms with Gasteiger partial charge in [0.05, 0.1) is 0 Å². The van der Waals surface area contributed by atoms with E-state index in [1.807, 2.05) is 0 Å². The van der Waals surface area contributed by atoms with Crippen LogP contribution in [0.2, 0.25) is 0 Å². The summed E-state index contributed by atoms with van der Waals surface area (Å²) in [5, 5.41) is 6.39. The van der Waals surface area contributed by atoms with E-state index in [-0.39, 0.29) is 0 Å². The third-order valence-electron chi connectivity index (χ3n) is 10.5. The average molecular weight is 633 g/mol. The molecule has 0 spiro atoms. The Balaban J connectivity index is 2.29. The predicted molar refractivity (Wildman–Crippen MR) is 209 cm³/mol. The molecule has 46 heavy (non-hydrogen) atoms. The summed E-state index contributed by atoms with van der Waals surface area (Å²) in [6.45, 7) is 30.8. The summed E-state index contributed by atoms with van der Waals surface area (Å²) >= 11 is 0. The molecular weight excluding hydrogens is 569 g/mol. The number of hydrogen-bond acceptors (Lipinski definition) is 0. The molecule has 0 saturated carbocycles. The van der Waals surface area contributed by atoms with E-state index in [9.17, 15) is 0 Å². The molecule has 0 saturated heterocycles. The quantitative estimate of drug-likeness (QED) is 0.130. The van der Waals surface area contributed by atoms with Crippen LogP contribution in [-0.4, -0.2) is 8.07 Å². The molecule has 248 valence electrons. The molecule has 0 unspecified atom stereocenters. The Morgan fingerprint density at radius 3 is 1.04 bits per heavy atom. The van der Waals surface area contributed by atoms with Crippen molar-refractivity contribution >= 4 is 23.6 Å². The molecule has 0 bridgehead atoms. The number of hydrogen-bond donors (Lipinski definition) is 0. The standard InChI is InChI=1S/C45H64Si/c1-14-15-16-35-17-18-42(19-35)46(43-23-36(29(2)3)20-37(24-43)30(4)5,44-25-38(31(6)7)21-39(26-44)32(8)9)45-27-40(33(10)11)22-41(28-45)34(12)13/h17,19-34H,14-16,18H2,1-13H3. The molecule has 1 aliphatic carbocycles. The van der Waals surface area contributed by atoms with Gasteiger partial charge < -0.3 is 0 Å². The Bertz CT molecular complexity index is 1320. The van der Waals surface area contributed by atoms with E-state index in [0.29, 0.717) is 35.5 Å². The van der Waals surface area contributed by atoms with Crippen molar-refractivity contribution in [1.82, 2.24) is 0 Å². The molecule has 0 aromatic heterocycles. The fourth-order valence-corrected chi connectivity index (χ4v) is 12.4. The van der Waals surface area contributed by atoms with E-state index in [0.717, 1.165) is 6.42 Å². The summed E-state index contributed by atoms with van der Waals surface area (Å²) in [6, 6.07) is 23.3. The van der Waals surface area contributed by atoms with Crippen LogP contribution in [-0.2, 0) is 0 Å². The Hall–Kier alpha value is -2.64. The van der Waals surface area contributed by atoms with Gasteiger partial charge in [-0.1, -0.05) is 174 Å². The molecule has 0 atom stereocenters. The minimum absolute atomic E-state index is 0.474. The lowest BCUT2D eigenvalue weighted by Crippen LogP contribution is -2.69. The normalized spacial score (nSPS) is 14.1. The van der Waals surface area contributed by atoms with E-state index in [1.54, 1.807) is 26.3 Å². The van der Waals surface area contributed by atoms with Crippen molar-refractivity contribution in [2.45, 2.75) is 151 Å². The zero-order chi connectivity index (χ0) is 33.9. The van der Waals surface area contributed by atoms with Gasteiger partial charge in [0.2, 0.25) is 0 Å². The largest absolute Gasteiger partial charge is 0.176 e. The Morgan fingerprint density at radius 1 is 0.478 bits per heavy atom. The van der Waals surface area contributed by atoms with Gasteiger partial charge in [0, 0.05) is 0 Å². The summed E-state index contributed by atoms with van der Waals surface area (Å²) in [5.41, 5.74) is 10.4. The van der Waals surface area contributed by atoms with Gasteiger partial charge in [0.1, 0.15) is 0 Å². The molecule has 1 heteroatoms. The molecule has 3 aromatic rings. The van der Waals surface area contributed by atoms with Crippen molar-refractivity contribution < 1.29 is 0 Å². The highest BCUT2D eigenvalue weighted by molar-refractivity contribution is 7.16. The number of benzene rings is 3. The summed E-state index contributed by atoms with van der Waals surface area (Å²) < 4.78 is 0. The van der Waals surface area contributed by atoms with Crippen LogP contribution in [0.3, 0.4) is 0 Å². The smallest absolute Gasteiger partial charge is 0.0776 e. The zero-order valence-corrected chi connectivity index (χ0v) is 32.6. The fourth-order valence-electron chi connectivity index (χ4n) is 7.13. The zero-order valence-electron chi connectivity index (χ0n) is 31.6. The maximum Gasteiger partial charge on any atom is 0.176 e. The highest BCUT2D eigenvalue weighted by Crippen LogP contribution is 2.34. The van der Waals surface area contributed by atoms with E-state index >= 15 is 0 Å². The lowest BCUT2D eigenvalue weighted by Gasteiger charge is -2.38. The summed E-state index contributed by atoms with van der Waals surface area (Å²) in [4.78, 5) is 0. The first-order chi connectivity index (χ1) is 21.7. The first kappa shape index (κ1) is 36.2. The maximum absolute atomic E-state index is 2.73. The molecule has 0 heterocycles. The van der Waals surface area contributed by atoms with Gasteiger partial charge in [-0.2, -0.15) is 0 Å². The maximum atomic E-state index is 2.67. The van der Waals surface area contributed by atoms with E-state index < -0.39 is 8.07 Å². The van der Waals surface area contributed by atoms with E-state index in [2.05, 4.69) is 157 Å². The van der Waals surface area contributed by atoms with Crippen molar-refractivity contribution in [3.8, 4) is 0 Å². The van der Waals surface area contributed by atoms with Crippen LogP contribution in [0.15, 0.2) is 77.5 Å². The van der Waals surface area contributed by atoms with Gasteiger partial charge in [-0.25, -0.2) is 0 Å². The lowest BCUT2D eigenvalue weighted by atomic mass is 9.95. The van der Waals surface area contributed by atoms with Crippen LogP contribution in [0.5, 0.6) is 0 Å². The molecule has 1 aliphatic rings. The van der Waals surface area contributed by atoms with Crippen molar-refractivity contribution in [2.75, 3.05) is 0 Å². The molecule has 0 amide bonds. The molecule has 0 radical (unpaired) electrons. The third-order valence-corrected chi connectivity index (χ3v) is 15.3. The van der Waals surface area contributed by atoms with Gasteiger partial charge in [-0.15, -0.1) is 0 Å². The average Bonchev–Trinajstić information content (AvgIpc) is 3.48. The van der Waals surface area contributed by atoms with Crippen molar-refractivity contribution in [3.05, 3.63) is 111 Å². The number of rotatable bonds is 13. The highest BCUT2D eigenvalue weighted by Gasteiger charge is 2.45. The van der Waals surface area contributed by atoms with Gasteiger partial charge in [0.15, 0.2) is 8.07 Å². The van der Waals surface area contributed by atoms with Crippen molar-refractivity contribution in [1.29, 1.82) is 0 Å². The second-order valence-electron chi connectivity index (χ2n) is 16.1. The van der Waals surface area contributed by atoms with Crippen molar-refractivity contribution in [3.63, 3.8) is 0 Å². The van der Waals surface area contributed by atoms with Crippen molar-refractivity contribution in [2.24, 2.45) is 0 Å². The molecule has 0 fully saturated rings. The molecule has 3 aromatic carbocycles. The summed E-state index contributed by atoms with van der Waals surface area (Å²) in [7, 11) is -2.73. The minimum Gasteiger partial charge on any atom is -0.0776 e. The number of allylic oxidation sites excluding steroid dienone is 4. The third kappa shape index (κ3) is 7.57. The summed E-state index contributed by atoms with van der Waals surface area (Å²) in [5.74, 6) is 2.84. The van der Waals surface area contributed by atoms with Crippen LogP contribution in [0.25, 0.3) is 0 Å². The Labute approximate surface area is 284 Å². The van der Waals surface area contributed by atoms with Crippen LogP contribution >= 0.6 is 0 Å². The number of unbranched alkanes of at least 4 members (excludes halogenated alkanes) is 1. The van der Waals surface area contributed by atoms with Gasteiger partial charge in [-0.05, 0) is 104 Å². The second kappa shape index (κ2) is 15.1. The molecule has 0 N–H and O–H groups in total. The molecule has 0 aliphatic heterocycles. The van der Waals surface area contributed by atoms with Crippen LogP contribution < -0.4 is 15.6 Å². The van der Waals surface area contributed by atoms with E-state index in [4.69, 9.17) is 0 Å². The molecule has 4 rings (SSSR count). The summed E-state index contributed by atoms with van der Waals surface area (Å²) in [6.07, 6.45) is 9.98. The molecular formula is C45H64Si. The first-order valence-electron chi connectivity index (χ1n) is 18.5. The SMILES string of the molecule is CCCCC1=CCC([Si](c2cc(C(C)C)cc(C(C)C)c2)(c2cc(C(C)C)cc(C(C)C)c2)c2cc(C(C)C)cc(C(C)C)c2)=C1. The molecule has 0 nitrogen and oxygen atoms in total. The Morgan fingerprint density at radius 2 is 0.783 bits per heavy atom. The second-order valence-corrected chi connectivity index (χ2v) is 20.0. The minimum atomic E-state index is -2.73. The van der Waals surface area contributed by atoms with Crippen LogP contribution in [0, 0.1) is 0 Å². The Kier molecular flexibility index (Phi) is 11.9. The first-order valence-corrected chi connectivity index (χ1v) is 20.5. The van der Waals surface area contributed by atoms with E-state index in [1.165, 1.54) is 52.6 Å². The monoisotopic (exact) mass is 632 g/mol.